The largest absolute Gasteiger partial charge is 0.308 e. The quantitative estimate of drug-likeness (QED) is 0.704. The van der Waals surface area contributed by atoms with Gasteiger partial charge in [-0.3, -0.25) is 4.40 Å². The van der Waals surface area contributed by atoms with Crippen LogP contribution in [0, 0.1) is 6.92 Å². The average Bonchev–Trinajstić information content (AvgIpc) is 2.97. The molecule has 0 saturated carbocycles. The molecule has 0 atom stereocenters. The molecule has 0 aliphatic carbocycles. The van der Waals surface area contributed by atoms with Gasteiger partial charge in [-0.25, -0.2) is 4.98 Å². The Bertz CT molecular complexity index is 728. The van der Waals surface area contributed by atoms with Crippen LogP contribution in [0.4, 0.5) is 0 Å². The first-order valence-corrected chi connectivity index (χ1v) is 7.39. The molecule has 22 heavy (non-hydrogen) atoms. The number of halogens is 2. The van der Waals surface area contributed by atoms with Crippen LogP contribution in [-0.4, -0.2) is 38.5 Å². The van der Waals surface area contributed by atoms with Gasteiger partial charge in [0.15, 0.2) is 0 Å². The minimum absolute atomic E-state index is 0. The summed E-state index contributed by atoms with van der Waals surface area (Å²) in [7, 11) is 0. The molecule has 0 fully saturated rings. The second-order valence-corrected chi connectivity index (χ2v) is 5.22. The Morgan fingerprint density at radius 3 is 2.32 bits per heavy atom. The van der Waals surface area contributed by atoms with Gasteiger partial charge in [-0.15, -0.1) is 24.8 Å². The number of aromatic nitrogens is 3. The molecule has 0 N–H and O–H groups in total. The number of fused-ring (bicyclic) bond motifs is 3. The zero-order valence-electron chi connectivity index (χ0n) is 13.3. The predicted molar refractivity (Wildman–Crippen MR) is 97.7 cm³/mol. The summed E-state index contributed by atoms with van der Waals surface area (Å²) >= 11 is 0. The molecule has 0 amide bonds. The number of likely N-dealkylation sites (N-methyl/N-ethyl adjacent to an activating group) is 1. The molecule has 0 spiro atoms. The third kappa shape index (κ3) is 3.24. The molecule has 3 rings (SSSR count). The molecule has 2 aromatic heterocycles. The first kappa shape index (κ1) is 18.8. The van der Waals surface area contributed by atoms with Crippen molar-refractivity contribution in [2.24, 2.45) is 0 Å². The highest BCUT2D eigenvalue weighted by Gasteiger charge is 2.12. The van der Waals surface area contributed by atoms with E-state index < -0.39 is 0 Å². The number of hydrogen-bond acceptors (Lipinski definition) is 2. The van der Waals surface area contributed by atoms with Crippen molar-refractivity contribution in [3.05, 3.63) is 36.2 Å². The zero-order valence-corrected chi connectivity index (χ0v) is 15.0. The Morgan fingerprint density at radius 1 is 1.05 bits per heavy atom. The summed E-state index contributed by atoms with van der Waals surface area (Å²) in [5.41, 5.74) is 3.58. The topological polar surface area (TPSA) is 25.5 Å². The van der Waals surface area contributed by atoms with Gasteiger partial charge in [-0.2, -0.15) is 0 Å². The fourth-order valence-corrected chi connectivity index (χ4v) is 2.86. The van der Waals surface area contributed by atoms with Crippen molar-refractivity contribution >= 4 is 41.6 Å². The van der Waals surface area contributed by atoms with E-state index in [1.165, 1.54) is 11.0 Å². The predicted octanol–water partition coefficient (Wildman–Crippen LogP) is 3.78. The SMILES string of the molecule is CCN(CC)CCn1c2ccccc2n2cc(C)nc12.Cl.Cl. The van der Waals surface area contributed by atoms with Crippen LogP contribution in [0.5, 0.6) is 0 Å². The van der Waals surface area contributed by atoms with E-state index in [1.807, 2.05) is 0 Å². The van der Waals surface area contributed by atoms with Crippen molar-refractivity contribution in [3.8, 4) is 0 Å². The molecule has 6 heteroatoms. The lowest BCUT2D eigenvalue weighted by atomic mass is 10.3. The van der Waals surface area contributed by atoms with Crippen molar-refractivity contribution in [1.29, 1.82) is 0 Å². The van der Waals surface area contributed by atoms with Gasteiger partial charge in [0, 0.05) is 19.3 Å². The second kappa shape index (κ2) is 7.86. The van der Waals surface area contributed by atoms with E-state index in [1.54, 1.807) is 0 Å². The highest BCUT2D eigenvalue weighted by Crippen LogP contribution is 2.20. The van der Waals surface area contributed by atoms with E-state index in [0.717, 1.165) is 37.7 Å². The van der Waals surface area contributed by atoms with Gasteiger partial charge >= 0.3 is 0 Å². The van der Waals surface area contributed by atoms with Crippen molar-refractivity contribution in [2.75, 3.05) is 19.6 Å². The number of imidazole rings is 2. The molecular weight excluding hydrogens is 319 g/mol. The molecule has 0 aliphatic rings. The maximum Gasteiger partial charge on any atom is 0.215 e. The molecule has 4 nitrogen and oxygen atoms in total. The molecule has 1 aromatic carbocycles. The normalized spacial score (nSPS) is 10.9. The van der Waals surface area contributed by atoms with Crippen LogP contribution in [0.3, 0.4) is 0 Å². The Kier molecular flexibility index (Phi) is 6.72. The van der Waals surface area contributed by atoms with Crippen LogP contribution < -0.4 is 0 Å². The van der Waals surface area contributed by atoms with E-state index in [2.05, 4.69) is 70.1 Å². The van der Waals surface area contributed by atoms with E-state index >= 15 is 0 Å². The number of nitrogens with zero attached hydrogens (tertiary/aromatic N) is 4. The lowest BCUT2D eigenvalue weighted by Gasteiger charge is -2.18. The Balaban J connectivity index is 0.00000121. The summed E-state index contributed by atoms with van der Waals surface area (Å²) in [6.45, 7) is 10.7. The molecule has 0 aliphatic heterocycles. The number of aryl methyl sites for hydroxylation is 1. The number of rotatable bonds is 5. The van der Waals surface area contributed by atoms with Crippen LogP contribution in [0.1, 0.15) is 19.5 Å². The molecule has 0 saturated heterocycles. The second-order valence-electron chi connectivity index (χ2n) is 5.22. The number of para-hydroxylation sites is 2. The molecule has 3 aromatic rings. The van der Waals surface area contributed by atoms with Crippen LogP contribution in [0.15, 0.2) is 30.5 Å². The van der Waals surface area contributed by atoms with E-state index in [0.29, 0.717) is 0 Å². The Labute approximate surface area is 143 Å². The van der Waals surface area contributed by atoms with Crippen molar-refractivity contribution in [3.63, 3.8) is 0 Å². The minimum atomic E-state index is 0. The number of hydrogen-bond donors (Lipinski definition) is 0. The Hall–Kier alpha value is -1.23. The maximum absolute atomic E-state index is 4.69. The van der Waals surface area contributed by atoms with E-state index in [-0.39, 0.29) is 24.8 Å². The fraction of sp³-hybridized carbons (Fsp3) is 0.438. The van der Waals surface area contributed by atoms with Crippen LogP contribution >= 0.6 is 24.8 Å². The van der Waals surface area contributed by atoms with Gasteiger partial charge in [0.2, 0.25) is 5.78 Å². The molecule has 0 bridgehead atoms. The first-order chi connectivity index (χ1) is 9.74. The average molecular weight is 343 g/mol. The maximum atomic E-state index is 4.69. The zero-order chi connectivity index (χ0) is 14.1. The molecule has 0 radical (unpaired) electrons. The highest BCUT2D eigenvalue weighted by molar-refractivity contribution is 5.85. The summed E-state index contributed by atoms with van der Waals surface area (Å²) in [4.78, 5) is 7.13. The summed E-state index contributed by atoms with van der Waals surface area (Å²) in [5, 5.41) is 0. The molecular formula is C16H24Cl2N4. The lowest BCUT2D eigenvalue weighted by molar-refractivity contribution is 0.293. The lowest BCUT2D eigenvalue weighted by Crippen LogP contribution is -2.27. The third-order valence-electron chi connectivity index (χ3n) is 4.02. The van der Waals surface area contributed by atoms with Crippen LogP contribution in [-0.2, 0) is 6.54 Å². The van der Waals surface area contributed by atoms with Gasteiger partial charge in [0.1, 0.15) is 0 Å². The van der Waals surface area contributed by atoms with Crippen molar-refractivity contribution in [2.45, 2.75) is 27.3 Å². The van der Waals surface area contributed by atoms with Crippen molar-refractivity contribution in [1.82, 2.24) is 18.9 Å². The van der Waals surface area contributed by atoms with Gasteiger partial charge < -0.3 is 9.47 Å². The highest BCUT2D eigenvalue weighted by atomic mass is 35.5. The summed E-state index contributed by atoms with van der Waals surface area (Å²) in [5.74, 6) is 1.05. The molecule has 2 heterocycles. The summed E-state index contributed by atoms with van der Waals surface area (Å²) in [6.07, 6.45) is 2.12. The summed E-state index contributed by atoms with van der Waals surface area (Å²) in [6, 6.07) is 8.54. The molecule has 0 unspecified atom stereocenters. The van der Waals surface area contributed by atoms with Gasteiger partial charge in [-0.05, 0) is 32.1 Å². The van der Waals surface area contributed by atoms with E-state index in [9.17, 15) is 0 Å². The monoisotopic (exact) mass is 342 g/mol. The summed E-state index contributed by atoms with van der Waals surface area (Å²) < 4.78 is 4.54. The standard InChI is InChI=1S/C16H22N4.2ClH/c1-4-18(5-2)10-11-19-14-8-6-7-9-15(14)20-12-13(3)17-16(19)20;;/h6-9,12H,4-5,10-11H2,1-3H3;2*1H. The minimum Gasteiger partial charge on any atom is -0.308 e. The van der Waals surface area contributed by atoms with Crippen molar-refractivity contribution < 1.29 is 0 Å². The first-order valence-electron chi connectivity index (χ1n) is 7.39. The van der Waals surface area contributed by atoms with Gasteiger partial charge in [0.25, 0.3) is 0 Å². The smallest absolute Gasteiger partial charge is 0.215 e. The van der Waals surface area contributed by atoms with E-state index in [4.69, 9.17) is 0 Å². The van der Waals surface area contributed by atoms with Crippen LogP contribution in [0.2, 0.25) is 0 Å². The van der Waals surface area contributed by atoms with Crippen LogP contribution in [0.25, 0.3) is 16.8 Å². The Morgan fingerprint density at radius 2 is 1.68 bits per heavy atom. The van der Waals surface area contributed by atoms with Gasteiger partial charge in [-0.1, -0.05) is 26.0 Å². The number of benzene rings is 1. The third-order valence-corrected chi connectivity index (χ3v) is 4.02. The van der Waals surface area contributed by atoms with Gasteiger partial charge in [0.05, 0.1) is 16.7 Å². The molecule has 122 valence electrons. The fourth-order valence-electron chi connectivity index (χ4n) is 2.86.